The molecule has 128 valence electrons. The van der Waals surface area contributed by atoms with E-state index in [2.05, 4.69) is 38.8 Å². The summed E-state index contributed by atoms with van der Waals surface area (Å²) in [5, 5.41) is 7.80. The average molecular weight is 448 g/mol. The molecule has 0 aliphatic heterocycles. The Kier molecular flexibility index (Phi) is 10.1. The lowest BCUT2D eigenvalue weighted by molar-refractivity contribution is 0.195. The molecule has 0 saturated heterocycles. The van der Waals surface area contributed by atoms with Crippen molar-refractivity contribution in [1.82, 2.24) is 15.6 Å². The van der Waals surface area contributed by atoms with E-state index in [0.717, 1.165) is 50.4 Å². The second kappa shape index (κ2) is 11.6. The van der Waals surface area contributed by atoms with Gasteiger partial charge in [-0.25, -0.2) is 4.98 Å². The summed E-state index contributed by atoms with van der Waals surface area (Å²) in [6, 6.07) is 8.29. The van der Waals surface area contributed by atoms with Crippen molar-refractivity contribution in [1.29, 1.82) is 0 Å². The smallest absolute Gasteiger partial charge is 0.190 e. The number of thiazole rings is 1. The Morgan fingerprint density at radius 2 is 1.96 bits per heavy atom. The van der Waals surface area contributed by atoms with Gasteiger partial charge in [-0.3, -0.25) is 4.99 Å². The molecule has 2 N–H and O–H groups in total. The molecule has 0 aliphatic carbocycles. The topological polar surface area (TPSA) is 58.5 Å². The van der Waals surface area contributed by atoms with E-state index in [4.69, 9.17) is 4.74 Å². The van der Waals surface area contributed by atoms with Crippen molar-refractivity contribution >= 4 is 51.5 Å². The lowest BCUT2D eigenvalue weighted by Crippen LogP contribution is -2.38. The monoisotopic (exact) mass is 448 g/mol. The number of nitrogens with zero attached hydrogens (tertiary/aromatic N) is 2. The summed E-state index contributed by atoms with van der Waals surface area (Å²) in [4.78, 5) is 8.86. The number of ether oxygens (including phenoxy) is 1. The highest BCUT2D eigenvalue weighted by molar-refractivity contribution is 14.0. The third-order valence-electron chi connectivity index (χ3n) is 3.24. The van der Waals surface area contributed by atoms with Crippen LogP contribution in [0, 0.1) is 0 Å². The van der Waals surface area contributed by atoms with Gasteiger partial charge in [0, 0.05) is 40.3 Å². The van der Waals surface area contributed by atoms with Crippen molar-refractivity contribution in [3.63, 3.8) is 0 Å². The largest absolute Gasteiger partial charge is 0.385 e. The van der Waals surface area contributed by atoms with Crippen LogP contribution >= 0.6 is 35.3 Å². The van der Waals surface area contributed by atoms with Gasteiger partial charge >= 0.3 is 0 Å². The molecule has 7 heteroatoms. The highest BCUT2D eigenvalue weighted by Crippen LogP contribution is 2.22. The molecule has 0 amide bonds. The highest BCUT2D eigenvalue weighted by Gasteiger charge is 2.03. The second-order valence-electron chi connectivity index (χ2n) is 4.95. The standard InChI is InChI=1S/C16H24N4OS.HI/c1-17-16(19-11-6-12-21-2)18-10-5-9-15-20-13-7-3-4-8-14(13)22-15;/h3-4,7-8H,5-6,9-12H2,1-2H3,(H2,17,18,19);1H. The quantitative estimate of drug-likeness (QED) is 0.282. The normalized spacial score (nSPS) is 11.3. The predicted octanol–water partition coefficient (Wildman–Crippen LogP) is 3.05. The Balaban J connectivity index is 0.00000264. The summed E-state index contributed by atoms with van der Waals surface area (Å²) >= 11 is 1.78. The Morgan fingerprint density at radius 1 is 1.22 bits per heavy atom. The minimum atomic E-state index is 0. The summed E-state index contributed by atoms with van der Waals surface area (Å²) < 4.78 is 6.29. The van der Waals surface area contributed by atoms with Crippen LogP contribution in [0.5, 0.6) is 0 Å². The average Bonchev–Trinajstić information content (AvgIpc) is 2.96. The zero-order valence-corrected chi connectivity index (χ0v) is 16.8. The first-order valence-corrected chi connectivity index (χ1v) is 8.43. The number of guanidine groups is 1. The minimum Gasteiger partial charge on any atom is -0.385 e. The SMILES string of the molecule is CN=C(NCCCOC)NCCCc1nc2ccccc2s1.I. The fourth-order valence-electron chi connectivity index (χ4n) is 2.12. The number of aliphatic imine (C=N–C) groups is 1. The van der Waals surface area contributed by atoms with Gasteiger partial charge in [0.25, 0.3) is 0 Å². The van der Waals surface area contributed by atoms with E-state index >= 15 is 0 Å². The van der Waals surface area contributed by atoms with Gasteiger partial charge in [-0.1, -0.05) is 12.1 Å². The highest BCUT2D eigenvalue weighted by atomic mass is 127. The fourth-order valence-corrected chi connectivity index (χ4v) is 3.13. The van der Waals surface area contributed by atoms with Crippen LogP contribution in [-0.2, 0) is 11.2 Å². The maximum atomic E-state index is 5.02. The molecule has 1 aromatic carbocycles. The van der Waals surface area contributed by atoms with E-state index in [-0.39, 0.29) is 24.0 Å². The molecule has 0 unspecified atom stereocenters. The van der Waals surface area contributed by atoms with Crippen LogP contribution in [0.4, 0.5) is 0 Å². The summed E-state index contributed by atoms with van der Waals surface area (Å²) in [6.45, 7) is 2.52. The first kappa shape index (κ1) is 20.1. The Bertz CT molecular complexity index is 570. The molecule has 0 atom stereocenters. The van der Waals surface area contributed by atoms with Crippen LogP contribution in [0.25, 0.3) is 10.2 Å². The maximum absolute atomic E-state index is 5.02. The lowest BCUT2D eigenvalue weighted by atomic mass is 10.3. The molecule has 0 saturated carbocycles. The minimum absolute atomic E-state index is 0. The number of rotatable bonds is 8. The van der Waals surface area contributed by atoms with Crippen molar-refractivity contribution in [3.8, 4) is 0 Å². The van der Waals surface area contributed by atoms with Crippen molar-refractivity contribution in [2.24, 2.45) is 4.99 Å². The van der Waals surface area contributed by atoms with Gasteiger partial charge in [0.05, 0.1) is 15.2 Å². The number of hydrogen-bond donors (Lipinski definition) is 2. The van der Waals surface area contributed by atoms with E-state index in [1.54, 1.807) is 25.5 Å². The number of aromatic nitrogens is 1. The third-order valence-corrected chi connectivity index (χ3v) is 4.34. The number of aryl methyl sites for hydroxylation is 1. The molecule has 1 heterocycles. The van der Waals surface area contributed by atoms with Crippen molar-refractivity contribution in [3.05, 3.63) is 29.3 Å². The zero-order chi connectivity index (χ0) is 15.6. The Morgan fingerprint density at radius 3 is 2.65 bits per heavy atom. The molecular weight excluding hydrogens is 423 g/mol. The first-order valence-electron chi connectivity index (χ1n) is 7.61. The third kappa shape index (κ3) is 7.01. The maximum Gasteiger partial charge on any atom is 0.190 e. The van der Waals surface area contributed by atoms with Crippen LogP contribution in [-0.4, -0.2) is 44.8 Å². The van der Waals surface area contributed by atoms with Crippen molar-refractivity contribution in [2.75, 3.05) is 33.9 Å². The van der Waals surface area contributed by atoms with Gasteiger partial charge in [0.1, 0.15) is 0 Å². The molecule has 0 bridgehead atoms. The molecule has 0 aliphatic rings. The molecule has 5 nitrogen and oxygen atoms in total. The molecule has 2 aromatic rings. The van der Waals surface area contributed by atoms with Crippen LogP contribution in [0.15, 0.2) is 29.3 Å². The molecule has 0 radical (unpaired) electrons. The van der Waals surface area contributed by atoms with Crippen molar-refractivity contribution < 1.29 is 4.74 Å². The van der Waals surface area contributed by atoms with Gasteiger partial charge in [-0.05, 0) is 25.0 Å². The number of fused-ring (bicyclic) bond motifs is 1. The van der Waals surface area contributed by atoms with E-state index < -0.39 is 0 Å². The lowest BCUT2D eigenvalue weighted by Gasteiger charge is -2.11. The van der Waals surface area contributed by atoms with Crippen LogP contribution in [0.2, 0.25) is 0 Å². The van der Waals surface area contributed by atoms with Crippen LogP contribution < -0.4 is 10.6 Å². The number of methoxy groups -OCH3 is 1. The zero-order valence-electron chi connectivity index (χ0n) is 13.7. The number of hydrogen-bond acceptors (Lipinski definition) is 4. The number of nitrogens with one attached hydrogen (secondary N) is 2. The van der Waals surface area contributed by atoms with E-state index in [1.165, 1.54) is 9.71 Å². The number of benzene rings is 1. The predicted molar refractivity (Wildman–Crippen MR) is 109 cm³/mol. The van der Waals surface area contributed by atoms with E-state index in [9.17, 15) is 0 Å². The molecule has 23 heavy (non-hydrogen) atoms. The fraction of sp³-hybridized carbons (Fsp3) is 0.500. The summed E-state index contributed by atoms with van der Waals surface area (Å²) in [5.41, 5.74) is 1.10. The van der Waals surface area contributed by atoms with Crippen molar-refractivity contribution in [2.45, 2.75) is 19.3 Å². The summed E-state index contributed by atoms with van der Waals surface area (Å²) in [7, 11) is 3.51. The Hall–Kier alpha value is -0.930. The van der Waals surface area contributed by atoms with Gasteiger partial charge in [-0.2, -0.15) is 0 Å². The van der Waals surface area contributed by atoms with E-state index in [1.807, 2.05) is 6.07 Å². The number of para-hydroxylation sites is 1. The van der Waals surface area contributed by atoms with Crippen LogP contribution in [0.3, 0.4) is 0 Å². The molecule has 0 spiro atoms. The molecule has 1 aromatic heterocycles. The first-order chi connectivity index (χ1) is 10.8. The molecule has 2 rings (SSSR count). The van der Waals surface area contributed by atoms with Gasteiger partial charge in [-0.15, -0.1) is 35.3 Å². The summed E-state index contributed by atoms with van der Waals surface area (Å²) in [6.07, 6.45) is 3.01. The van der Waals surface area contributed by atoms with Gasteiger partial charge < -0.3 is 15.4 Å². The van der Waals surface area contributed by atoms with E-state index in [0.29, 0.717) is 0 Å². The molecule has 0 fully saturated rings. The van der Waals surface area contributed by atoms with Crippen LogP contribution in [0.1, 0.15) is 17.8 Å². The van der Waals surface area contributed by atoms with Gasteiger partial charge in [0.2, 0.25) is 0 Å². The Labute approximate surface area is 159 Å². The van der Waals surface area contributed by atoms with Gasteiger partial charge in [0.15, 0.2) is 5.96 Å². The molecular formula is C16H25IN4OS. The second-order valence-corrected chi connectivity index (χ2v) is 6.07. The number of halogens is 1. The summed E-state index contributed by atoms with van der Waals surface area (Å²) in [5.74, 6) is 0.848.